The Balaban J connectivity index is 1.75. The number of aromatic amines is 1. The Labute approximate surface area is 115 Å². The highest BCUT2D eigenvalue weighted by Gasteiger charge is 2.38. The summed E-state index contributed by atoms with van der Waals surface area (Å²) in [5.41, 5.74) is 0. The van der Waals surface area contributed by atoms with Gasteiger partial charge in [-0.3, -0.25) is 0 Å². The van der Waals surface area contributed by atoms with Crippen LogP contribution in [0.25, 0.3) is 0 Å². The zero-order valence-corrected chi connectivity index (χ0v) is 11.0. The van der Waals surface area contributed by atoms with Gasteiger partial charge in [-0.05, 0) is 6.42 Å². The zero-order valence-electron chi connectivity index (χ0n) is 11.0. The van der Waals surface area contributed by atoms with Crippen LogP contribution in [0.2, 0.25) is 0 Å². The summed E-state index contributed by atoms with van der Waals surface area (Å²) in [6.45, 7) is 0.486. The van der Waals surface area contributed by atoms with E-state index in [2.05, 4.69) is 15.3 Å². The Bertz CT molecular complexity index is 462. The van der Waals surface area contributed by atoms with Gasteiger partial charge < -0.3 is 25.4 Å². The molecule has 110 valence electrons. The third-order valence-corrected chi connectivity index (χ3v) is 3.25. The molecule has 0 spiro atoms. The molecule has 2 atom stereocenters. The molecule has 1 aromatic heterocycles. The van der Waals surface area contributed by atoms with Crippen molar-refractivity contribution in [3.05, 3.63) is 18.2 Å². The number of aliphatic hydroxyl groups is 1. The van der Waals surface area contributed by atoms with Crippen molar-refractivity contribution in [1.29, 1.82) is 0 Å². The molecule has 0 saturated carbocycles. The van der Waals surface area contributed by atoms with Crippen LogP contribution in [0, 0.1) is 0 Å². The lowest BCUT2D eigenvalue weighted by Crippen LogP contribution is -2.46. The monoisotopic (exact) mass is 282 g/mol. The Morgan fingerprint density at radius 2 is 2.35 bits per heavy atom. The van der Waals surface area contributed by atoms with Crippen LogP contribution in [-0.4, -0.2) is 62.3 Å². The number of hydrogen-bond donors (Lipinski definition) is 4. The summed E-state index contributed by atoms with van der Waals surface area (Å²) in [5, 5.41) is 21.1. The number of amides is 2. The number of hydrogen-bond acceptors (Lipinski definition) is 4. The number of H-pyrrole nitrogens is 1. The lowest BCUT2D eigenvalue weighted by Gasteiger charge is -2.21. The van der Waals surface area contributed by atoms with Crippen molar-refractivity contribution in [3.63, 3.8) is 0 Å². The molecule has 1 aliphatic heterocycles. The van der Waals surface area contributed by atoms with Gasteiger partial charge >= 0.3 is 12.0 Å². The van der Waals surface area contributed by atoms with Crippen LogP contribution < -0.4 is 5.32 Å². The van der Waals surface area contributed by atoms with Crippen molar-refractivity contribution in [2.45, 2.75) is 31.4 Å². The van der Waals surface area contributed by atoms with Crippen LogP contribution in [0.15, 0.2) is 12.4 Å². The number of nitrogens with zero attached hydrogens (tertiary/aromatic N) is 2. The van der Waals surface area contributed by atoms with Gasteiger partial charge in [-0.15, -0.1) is 0 Å². The molecule has 20 heavy (non-hydrogen) atoms. The Morgan fingerprint density at radius 3 is 3.00 bits per heavy atom. The number of carbonyl (C=O) groups excluding carboxylic acids is 1. The van der Waals surface area contributed by atoms with E-state index >= 15 is 0 Å². The van der Waals surface area contributed by atoms with Crippen molar-refractivity contribution in [2.24, 2.45) is 0 Å². The van der Waals surface area contributed by atoms with Crippen LogP contribution >= 0.6 is 0 Å². The van der Waals surface area contributed by atoms with Gasteiger partial charge in [-0.2, -0.15) is 0 Å². The first-order valence-electron chi connectivity index (χ1n) is 6.51. The summed E-state index contributed by atoms with van der Waals surface area (Å²) in [6.07, 6.45) is 4.11. The molecular formula is C12H18N4O4. The number of rotatable bonds is 5. The van der Waals surface area contributed by atoms with E-state index in [4.69, 9.17) is 5.11 Å². The number of likely N-dealkylation sites (tertiary alicyclic amines) is 1. The van der Waals surface area contributed by atoms with Crippen LogP contribution in [0.4, 0.5) is 4.79 Å². The van der Waals surface area contributed by atoms with Gasteiger partial charge in [-0.25, -0.2) is 14.6 Å². The summed E-state index contributed by atoms with van der Waals surface area (Å²) < 4.78 is 0. The molecule has 2 amide bonds. The van der Waals surface area contributed by atoms with E-state index in [0.717, 1.165) is 5.82 Å². The molecule has 1 saturated heterocycles. The first kappa shape index (κ1) is 14.3. The average molecular weight is 282 g/mol. The number of aliphatic hydroxyl groups excluding tert-OH is 1. The molecule has 4 N–H and O–H groups in total. The fourth-order valence-electron chi connectivity index (χ4n) is 2.26. The molecule has 0 radical (unpaired) electrons. The van der Waals surface area contributed by atoms with E-state index < -0.39 is 24.1 Å². The summed E-state index contributed by atoms with van der Waals surface area (Å²) in [5.74, 6) is -0.244. The molecule has 0 aliphatic carbocycles. The standard InChI is InChI=1S/C12H18N4O4/c17-8-6-9(11(18)19)16(7-8)12(20)15-3-1-2-10-13-4-5-14-10/h4-5,8-9,17H,1-3,6-7H2,(H,13,14)(H,15,20)(H,18,19)/t8-,9-/m1/s1. The maximum atomic E-state index is 11.9. The minimum atomic E-state index is -1.09. The molecule has 0 bridgehead atoms. The highest BCUT2D eigenvalue weighted by molar-refractivity contribution is 5.83. The van der Waals surface area contributed by atoms with E-state index in [1.165, 1.54) is 4.90 Å². The molecule has 2 heterocycles. The molecular weight excluding hydrogens is 264 g/mol. The van der Waals surface area contributed by atoms with Crippen molar-refractivity contribution < 1.29 is 19.8 Å². The Hall–Kier alpha value is -2.09. The molecule has 0 aromatic carbocycles. The maximum absolute atomic E-state index is 11.9. The lowest BCUT2D eigenvalue weighted by molar-refractivity contribution is -0.141. The fourth-order valence-corrected chi connectivity index (χ4v) is 2.26. The highest BCUT2D eigenvalue weighted by atomic mass is 16.4. The molecule has 8 nitrogen and oxygen atoms in total. The lowest BCUT2D eigenvalue weighted by atomic mass is 10.2. The third kappa shape index (κ3) is 3.47. The van der Waals surface area contributed by atoms with E-state index in [-0.39, 0.29) is 13.0 Å². The Kier molecular flexibility index (Phi) is 4.57. The zero-order chi connectivity index (χ0) is 14.5. The summed E-state index contributed by atoms with van der Waals surface area (Å²) >= 11 is 0. The molecule has 8 heteroatoms. The van der Waals surface area contributed by atoms with Crippen LogP contribution in [0.1, 0.15) is 18.7 Å². The van der Waals surface area contributed by atoms with E-state index in [0.29, 0.717) is 19.4 Å². The smallest absolute Gasteiger partial charge is 0.326 e. The number of imidazole rings is 1. The number of nitrogens with one attached hydrogen (secondary N) is 2. The number of aryl methyl sites for hydroxylation is 1. The van der Waals surface area contributed by atoms with Crippen LogP contribution in [0.5, 0.6) is 0 Å². The number of β-amino-alcohol motifs (C(OH)–C–C–N with tert-alkyl or cyclic N) is 1. The van der Waals surface area contributed by atoms with E-state index in [9.17, 15) is 14.7 Å². The minimum absolute atomic E-state index is 0.0565. The quantitative estimate of drug-likeness (QED) is 0.547. The average Bonchev–Trinajstić information content (AvgIpc) is 3.03. The predicted molar refractivity (Wildman–Crippen MR) is 69.1 cm³/mol. The van der Waals surface area contributed by atoms with Crippen LogP contribution in [-0.2, 0) is 11.2 Å². The van der Waals surface area contributed by atoms with Crippen molar-refractivity contribution in [2.75, 3.05) is 13.1 Å². The topological polar surface area (TPSA) is 119 Å². The number of aliphatic carboxylic acids is 1. The van der Waals surface area contributed by atoms with Gasteiger partial charge in [0, 0.05) is 38.3 Å². The third-order valence-electron chi connectivity index (χ3n) is 3.25. The molecule has 1 fully saturated rings. The number of carbonyl (C=O) groups is 2. The summed E-state index contributed by atoms with van der Waals surface area (Å²) in [4.78, 5) is 31.1. The second-order valence-electron chi connectivity index (χ2n) is 4.77. The first-order valence-corrected chi connectivity index (χ1v) is 6.51. The van der Waals surface area contributed by atoms with Gasteiger partial charge in [0.2, 0.25) is 0 Å². The van der Waals surface area contributed by atoms with Crippen LogP contribution in [0.3, 0.4) is 0 Å². The normalized spacial score (nSPS) is 21.9. The molecule has 1 aromatic rings. The number of aromatic nitrogens is 2. The number of carboxylic acid groups (broad SMARTS) is 1. The second kappa shape index (κ2) is 6.38. The fraction of sp³-hybridized carbons (Fsp3) is 0.583. The van der Waals surface area contributed by atoms with Gasteiger partial charge in [0.05, 0.1) is 6.10 Å². The summed E-state index contributed by atoms with van der Waals surface area (Å²) in [6, 6.07) is -1.40. The highest BCUT2D eigenvalue weighted by Crippen LogP contribution is 2.17. The van der Waals surface area contributed by atoms with Gasteiger partial charge in [0.25, 0.3) is 0 Å². The number of urea groups is 1. The maximum Gasteiger partial charge on any atom is 0.326 e. The second-order valence-corrected chi connectivity index (χ2v) is 4.77. The number of carboxylic acids is 1. The first-order chi connectivity index (χ1) is 9.58. The van der Waals surface area contributed by atoms with Gasteiger partial charge in [0.15, 0.2) is 0 Å². The van der Waals surface area contributed by atoms with Gasteiger partial charge in [-0.1, -0.05) is 0 Å². The van der Waals surface area contributed by atoms with Crippen molar-refractivity contribution in [1.82, 2.24) is 20.2 Å². The largest absolute Gasteiger partial charge is 0.480 e. The molecule has 2 rings (SSSR count). The predicted octanol–water partition coefficient (Wildman–Crippen LogP) is -0.428. The molecule has 1 aliphatic rings. The molecule has 0 unspecified atom stereocenters. The SMILES string of the molecule is O=C(O)[C@H]1C[C@@H](O)CN1C(=O)NCCCc1ncc[nH]1. The van der Waals surface area contributed by atoms with E-state index in [1.54, 1.807) is 12.4 Å². The van der Waals surface area contributed by atoms with Gasteiger partial charge in [0.1, 0.15) is 11.9 Å². The Morgan fingerprint density at radius 1 is 1.55 bits per heavy atom. The van der Waals surface area contributed by atoms with E-state index in [1.807, 2.05) is 0 Å². The van der Waals surface area contributed by atoms with Crippen molar-refractivity contribution in [3.8, 4) is 0 Å². The minimum Gasteiger partial charge on any atom is -0.480 e. The summed E-state index contributed by atoms with van der Waals surface area (Å²) in [7, 11) is 0. The van der Waals surface area contributed by atoms with Crippen molar-refractivity contribution >= 4 is 12.0 Å².